The summed E-state index contributed by atoms with van der Waals surface area (Å²) in [4.78, 5) is 52.2. The number of rotatable bonds is 22. The SMILES string of the molecule is CCOC(=O)c1nnn(Cc2ccc(OC)cc2)c1SC1CCC(c2cccc(N3CCCCC3)c2)CC1.COc1ccc(Cn2nnc(C(=O)O)c2SC2CCC(c3cccc(N4CCCCC4)c3)CC2)cc1.O=C(O)C(F)(F)F.O=C(O)c1n[nH]nc1SC1CCC(c2cccc(N3CCCCC3)c2)CC1. The van der Waals surface area contributed by atoms with Crippen molar-refractivity contribution >= 4 is 76.2 Å². The Bertz CT molecular complexity index is 4180. The lowest BCUT2D eigenvalue weighted by Crippen LogP contribution is -2.29. The van der Waals surface area contributed by atoms with Crippen LogP contribution in [0.1, 0.15) is 219 Å². The lowest BCUT2D eigenvalue weighted by molar-refractivity contribution is -0.192. The topological polar surface area (TPSA) is 269 Å². The summed E-state index contributed by atoms with van der Waals surface area (Å²) in [5, 5.41) is 56.1. The zero-order chi connectivity index (χ0) is 75.9. The van der Waals surface area contributed by atoms with Crippen molar-refractivity contribution < 1.29 is 61.9 Å². The van der Waals surface area contributed by atoms with E-state index in [-0.39, 0.29) is 11.4 Å². The highest BCUT2D eigenvalue weighted by Crippen LogP contribution is 2.45. The molecule has 4 N–H and O–H groups in total. The van der Waals surface area contributed by atoms with E-state index in [1.54, 1.807) is 54.2 Å². The summed E-state index contributed by atoms with van der Waals surface area (Å²) in [6.45, 7) is 10.2. The fourth-order valence-electron chi connectivity index (χ4n) is 15.2. The maximum Gasteiger partial charge on any atom is 0.490 e. The Morgan fingerprint density at radius 2 is 0.824 bits per heavy atom. The fourth-order valence-corrected chi connectivity index (χ4v) is 18.9. The van der Waals surface area contributed by atoms with Crippen LogP contribution in [0.15, 0.2) is 136 Å². The van der Waals surface area contributed by atoms with Crippen molar-refractivity contribution in [3.63, 3.8) is 0 Å². The molecular weight excluding hydrogens is 1440 g/mol. The molecule has 22 nitrogen and oxygen atoms in total. The number of aromatic carboxylic acids is 2. The normalized spacial score (nSPS) is 20.3. The zero-order valence-electron chi connectivity index (χ0n) is 61.7. The number of nitrogens with one attached hydrogen (secondary N) is 1. The van der Waals surface area contributed by atoms with Crippen LogP contribution in [0, 0.1) is 0 Å². The van der Waals surface area contributed by atoms with Crippen molar-refractivity contribution in [2.45, 2.75) is 210 Å². The number of hydrogen-bond donors (Lipinski definition) is 4. The lowest BCUT2D eigenvalue weighted by Gasteiger charge is -2.31. The van der Waals surface area contributed by atoms with Gasteiger partial charge in [-0.1, -0.05) is 82.9 Å². The molecule has 0 bridgehead atoms. The Hall–Kier alpha value is -8.76. The van der Waals surface area contributed by atoms with Gasteiger partial charge in [0.05, 0.1) is 33.9 Å². The average molecular weight is 1540 g/mol. The molecule has 3 aliphatic heterocycles. The third-order valence-corrected chi connectivity index (χ3v) is 25.2. The average Bonchev–Trinajstić information content (AvgIpc) is 1.59. The molecule has 0 spiro atoms. The molecule has 0 unspecified atom stereocenters. The van der Waals surface area contributed by atoms with Crippen LogP contribution >= 0.6 is 35.3 Å². The lowest BCUT2D eigenvalue weighted by atomic mass is 9.83. The number of aromatic nitrogens is 9. The van der Waals surface area contributed by atoms with Gasteiger partial charge in [-0.25, -0.2) is 28.5 Å². The number of halogens is 3. The number of hydrogen-bond acceptors (Lipinski definition) is 19. The number of carbonyl (C=O) groups excluding carboxylic acids is 1. The summed E-state index contributed by atoms with van der Waals surface area (Å²) < 4.78 is 51.1. The molecule has 3 saturated heterocycles. The van der Waals surface area contributed by atoms with E-state index >= 15 is 0 Å². The summed E-state index contributed by atoms with van der Waals surface area (Å²) in [7, 11) is 3.30. The Labute approximate surface area is 642 Å². The number of aliphatic carboxylic acids is 1. The number of alkyl halides is 3. The third-order valence-electron chi connectivity index (χ3n) is 21.0. The largest absolute Gasteiger partial charge is 0.497 e. The van der Waals surface area contributed by atoms with E-state index in [0.717, 1.165) is 118 Å². The van der Waals surface area contributed by atoms with E-state index in [0.29, 0.717) is 68.9 Å². The molecule has 108 heavy (non-hydrogen) atoms. The van der Waals surface area contributed by atoms with Gasteiger partial charge in [-0.3, -0.25) is 0 Å². The van der Waals surface area contributed by atoms with E-state index in [1.165, 1.54) is 118 Å². The third kappa shape index (κ3) is 22.5. The Balaban J connectivity index is 0.000000156. The first-order valence-electron chi connectivity index (χ1n) is 37.9. The number of carboxylic acid groups (broad SMARTS) is 3. The number of piperidine rings is 3. The quantitative estimate of drug-likeness (QED) is 0.0459. The van der Waals surface area contributed by atoms with Crippen LogP contribution in [0.25, 0.3) is 0 Å². The van der Waals surface area contributed by atoms with Gasteiger partial charge in [-0.2, -0.15) is 18.4 Å². The van der Waals surface area contributed by atoms with Gasteiger partial charge in [0.25, 0.3) is 0 Å². The molecule has 28 heteroatoms. The highest BCUT2D eigenvalue weighted by Gasteiger charge is 2.38. The predicted molar refractivity (Wildman–Crippen MR) is 414 cm³/mol. The number of carboxylic acids is 3. The molecule has 5 aromatic carbocycles. The van der Waals surface area contributed by atoms with Crippen molar-refractivity contribution in [2.24, 2.45) is 0 Å². The smallest absolute Gasteiger partial charge is 0.490 e. The Morgan fingerprint density at radius 1 is 0.472 bits per heavy atom. The monoisotopic (exact) mass is 1540 g/mol. The number of H-pyrrole nitrogens is 1. The molecule has 6 heterocycles. The number of anilines is 3. The standard InChI is InChI=1S/C30H38N4O3S.C28H34N4O3S.C20H26N4O2S.C2HF3O2/c1-3-37-30(35)28-29(34(32-31-28)21-22-10-14-26(36-2)15-11-22)38-27-16-12-23(13-17-27)24-8-7-9-25(20-24)33-18-5-4-6-19-33;1-35-24-12-8-20(9-13-24)19-32-27(26(28(33)34)29-30-32)36-25-14-10-21(11-15-25)22-6-5-7-23(18-22)31-16-3-2-4-17-31;25-20(26)18-19(22-23-21-18)27-17-9-7-14(8-10-17)15-5-4-6-16(13-15)24-11-2-1-3-12-24;3-2(4,5)1(6)7/h7-11,14-15,20,23,27H,3-6,12-13,16-19,21H2,1-2H3;5-9,12-13,18,21,25H,2-4,10-11,14-17,19H2,1H3,(H,33,34);4-6,13-14,17H,1-3,7-12H2,(H,25,26)(H,21,22,23);(H,6,7). The number of methoxy groups -OCH3 is 2. The molecule has 3 saturated carbocycles. The summed E-state index contributed by atoms with van der Waals surface area (Å²) in [6, 6.07) is 43.1. The number of ether oxygens (including phenoxy) is 3. The maximum atomic E-state index is 12.7. The van der Waals surface area contributed by atoms with Gasteiger partial charge in [0.2, 0.25) is 17.1 Å². The van der Waals surface area contributed by atoms with E-state index in [4.69, 9.17) is 29.2 Å². The minimum Gasteiger partial charge on any atom is -0.497 e. The zero-order valence-corrected chi connectivity index (χ0v) is 64.2. The molecular formula is C80H99F3N12O10S3. The second-order valence-corrected chi connectivity index (χ2v) is 32.2. The van der Waals surface area contributed by atoms with Crippen molar-refractivity contribution in [3.05, 3.63) is 166 Å². The maximum absolute atomic E-state index is 12.7. The van der Waals surface area contributed by atoms with Crippen molar-refractivity contribution in [2.75, 3.05) is 74.8 Å². The molecule has 14 rings (SSSR count). The highest BCUT2D eigenvalue weighted by molar-refractivity contribution is 8.00. The van der Waals surface area contributed by atoms with Crippen LogP contribution in [-0.4, -0.2) is 167 Å². The summed E-state index contributed by atoms with van der Waals surface area (Å²) in [5.74, 6) is -1.86. The second kappa shape index (κ2) is 39.6. The molecule has 578 valence electrons. The Kier molecular flexibility index (Phi) is 29.4. The van der Waals surface area contributed by atoms with Gasteiger partial charge >= 0.3 is 30.1 Å². The molecule has 6 fully saturated rings. The molecule has 0 radical (unpaired) electrons. The number of nitrogens with zero attached hydrogens (tertiary/aromatic N) is 11. The van der Waals surface area contributed by atoms with Gasteiger partial charge < -0.3 is 44.2 Å². The van der Waals surface area contributed by atoms with E-state index < -0.39 is 30.1 Å². The van der Waals surface area contributed by atoms with Crippen molar-refractivity contribution in [1.29, 1.82) is 0 Å². The minimum absolute atomic E-state index is 0.0383. The second-order valence-electron chi connectivity index (χ2n) is 28.3. The van der Waals surface area contributed by atoms with Gasteiger partial charge in [0.1, 0.15) is 21.6 Å². The fraction of sp³-hybridized carbons (Fsp3) is 0.500. The summed E-state index contributed by atoms with van der Waals surface area (Å²) in [5.41, 5.74) is 11.0. The number of aromatic amines is 1. The molecule has 3 aromatic heterocycles. The number of thioether (sulfide) groups is 3. The van der Waals surface area contributed by atoms with Crippen LogP contribution in [-0.2, 0) is 22.6 Å². The predicted octanol–water partition coefficient (Wildman–Crippen LogP) is 17.1. The van der Waals surface area contributed by atoms with E-state index in [1.807, 2.05) is 60.1 Å². The van der Waals surface area contributed by atoms with E-state index in [2.05, 4.69) is 124 Å². The van der Waals surface area contributed by atoms with Crippen molar-refractivity contribution in [1.82, 2.24) is 45.4 Å². The van der Waals surface area contributed by atoms with Gasteiger partial charge in [0, 0.05) is 72.1 Å². The summed E-state index contributed by atoms with van der Waals surface area (Å²) in [6.07, 6.45) is 20.0. The highest BCUT2D eigenvalue weighted by atomic mass is 32.2. The van der Waals surface area contributed by atoms with Crippen LogP contribution < -0.4 is 24.2 Å². The molecule has 8 aromatic rings. The number of esters is 1. The van der Waals surface area contributed by atoms with Gasteiger partial charge in [-0.05, 0) is 248 Å². The molecule has 6 aliphatic rings. The van der Waals surface area contributed by atoms with Crippen LogP contribution in [0.3, 0.4) is 0 Å². The first kappa shape index (κ1) is 80.3. The Morgan fingerprint density at radius 3 is 1.17 bits per heavy atom. The molecule has 0 amide bonds. The van der Waals surface area contributed by atoms with Gasteiger partial charge in [-0.15, -0.1) is 43.9 Å². The van der Waals surface area contributed by atoms with E-state index in [9.17, 15) is 32.7 Å². The summed E-state index contributed by atoms with van der Waals surface area (Å²) >= 11 is 4.92. The molecule has 0 atom stereocenters. The first-order valence-corrected chi connectivity index (χ1v) is 40.6. The first-order chi connectivity index (χ1) is 52.4. The molecule has 3 aliphatic carbocycles. The van der Waals surface area contributed by atoms with Crippen molar-refractivity contribution in [3.8, 4) is 11.5 Å². The van der Waals surface area contributed by atoms with Crippen LogP contribution in [0.4, 0.5) is 30.2 Å². The van der Waals surface area contributed by atoms with Crippen LogP contribution in [0.2, 0.25) is 0 Å². The number of carbonyl (C=O) groups is 4. The minimum atomic E-state index is -5.08. The number of benzene rings is 5. The van der Waals surface area contributed by atoms with Crippen LogP contribution in [0.5, 0.6) is 11.5 Å². The van der Waals surface area contributed by atoms with Gasteiger partial charge in [0.15, 0.2) is 5.03 Å².